The fourth-order valence-corrected chi connectivity index (χ4v) is 3.70. The van der Waals surface area contributed by atoms with Crippen LogP contribution in [0.3, 0.4) is 0 Å². The zero-order valence-electron chi connectivity index (χ0n) is 17.6. The third kappa shape index (κ3) is 4.84. The van der Waals surface area contributed by atoms with Gasteiger partial charge in [-0.3, -0.25) is 9.59 Å². The maximum absolute atomic E-state index is 12.8. The summed E-state index contributed by atoms with van der Waals surface area (Å²) in [7, 11) is 3.19. The van der Waals surface area contributed by atoms with Crippen molar-refractivity contribution in [2.75, 3.05) is 33.9 Å². The van der Waals surface area contributed by atoms with Gasteiger partial charge in [0.1, 0.15) is 5.75 Å². The summed E-state index contributed by atoms with van der Waals surface area (Å²) in [4.78, 5) is 27.0. The van der Waals surface area contributed by atoms with E-state index in [9.17, 15) is 9.59 Å². The molecule has 160 valence electrons. The number of methoxy groups -OCH3 is 2. The van der Waals surface area contributed by atoms with Crippen LogP contribution in [0.1, 0.15) is 41.7 Å². The number of nitrogens with one attached hydrogen (secondary N) is 1. The minimum absolute atomic E-state index is 0.0420. The maximum Gasteiger partial charge on any atom is 0.251 e. The third-order valence-corrected chi connectivity index (χ3v) is 5.19. The van der Waals surface area contributed by atoms with E-state index in [1.165, 1.54) is 0 Å². The molecule has 0 aliphatic carbocycles. The number of hydrogen-bond acceptors (Lipinski definition) is 5. The maximum atomic E-state index is 12.8. The summed E-state index contributed by atoms with van der Waals surface area (Å²) in [5, 5.41) is 2.72. The van der Waals surface area contributed by atoms with Crippen LogP contribution < -0.4 is 19.5 Å². The van der Waals surface area contributed by atoms with Crippen molar-refractivity contribution < 1.29 is 23.8 Å². The molecule has 0 aromatic heterocycles. The van der Waals surface area contributed by atoms with E-state index >= 15 is 0 Å². The molecule has 2 aromatic rings. The largest absolute Gasteiger partial charge is 0.494 e. The van der Waals surface area contributed by atoms with Gasteiger partial charge in [-0.25, -0.2) is 0 Å². The molecule has 0 saturated carbocycles. The first-order chi connectivity index (χ1) is 14.6. The Kier molecular flexibility index (Phi) is 7.17. The number of carbonyl (C=O) groups is 2. The lowest BCUT2D eigenvalue weighted by atomic mass is 10.0. The highest BCUT2D eigenvalue weighted by atomic mass is 16.5. The fraction of sp³-hybridized carbons (Fsp3) is 0.391. The Morgan fingerprint density at radius 1 is 1.07 bits per heavy atom. The topological polar surface area (TPSA) is 77.1 Å². The molecular formula is C23H28N2O5. The highest BCUT2D eigenvalue weighted by molar-refractivity contribution is 5.96. The van der Waals surface area contributed by atoms with Gasteiger partial charge in [0.05, 0.1) is 33.4 Å². The molecule has 1 atom stereocenters. The van der Waals surface area contributed by atoms with Gasteiger partial charge in [0, 0.05) is 12.1 Å². The second-order valence-electron chi connectivity index (χ2n) is 7.00. The molecular weight excluding hydrogens is 384 g/mol. The van der Waals surface area contributed by atoms with Gasteiger partial charge in [-0.15, -0.1) is 0 Å². The van der Waals surface area contributed by atoms with Gasteiger partial charge in [-0.2, -0.15) is 0 Å². The summed E-state index contributed by atoms with van der Waals surface area (Å²) in [6, 6.07) is 12.5. The van der Waals surface area contributed by atoms with E-state index in [4.69, 9.17) is 14.2 Å². The summed E-state index contributed by atoms with van der Waals surface area (Å²) in [5.41, 5.74) is 1.49. The Hall–Kier alpha value is -3.22. The van der Waals surface area contributed by atoms with E-state index in [1.54, 1.807) is 38.5 Å². The molecule has 2 amide bonds. The monoisotopic (exact) mass is 412 g/mol. The van der Waals surface area contributed by atoms with E-state index in [-0.39, 0.29) is 24.4 Å². The number of ether oxygens (including phenoxy) is 3. The molecule has 1 aliphatic rings. The van der Waals surface area contributed by atoms with Gasteiger partial charge < -0.3 is 24.4 Å². The Labute approximate surface area is 176 Å². The first-order valence-electron chi connectivity index (χ1n) is 10.1. The van der Waals surface area contributed by atoms with Crippen LogP contribution in [0.4, 0.5) is 0 Å². The van der Waals surface area contributed by atoms with Crippen molar-refractivity contribution in [2.45, 2.75) is 25.8 Å². The van der Waals surface area contributed by atoms with Crippen LogP contribution in [0.25, 0.3) is 0 Å². The zero-order valence-corrected chi connectivity index (χ0v) is 17.6. The van der Waals surface area contributed by atoms with Gasteiger partial charge in [0.25, 0.3) is 5.91 Å². The highest BCUT2D eigenvalue weighted by Crippen LogP contribution is 2.36. The summed E-state index contributed by atoms with van der Waals surface area (Å²) in [6.45, 7) is 3.09. The van der Waals surface area contributed by atoms with Gasteiger partial charge >= 0.3 is 0 Å². The van der Waals surface area contributed by atoms with Gasteiger partial charge in [0.2, 0.25) is 5.91 Å². The Bertz CT molecular complexity index is 882. The van der Waals surface area contributed by atoms with Crippen LogP contribution in [0.15, 0.2) is 42.5 Å². The van der Waals surface area contributed by atoms with E-state index in [0.717, 1.165) is 18.4 Å². The van der Waals surface area contributed by atoms with Crippen LogP contribution in [0.2, 0.25) is 0 Å². The summed E-state index contributed by atoms with van der Waals surface area (Å²) in [6.07, 6.45) is 1.78. The predicted octanol–water partition coefficient (Wildman–Crippen LogP) is 3.20. The average molecular weight is 412 g/mol. The van der Waals surface area contributed by atoms with Crippen molar-refractivity contribution in [1.29, 1.82) is 0 Å². The third-order valence-electron chi connectivity index (χ3n) is 5.19. The standard InChI is InChI=1S/C23H28N2O5/c1-4-30-18-10-7-16(8-11-18)23(27)24-15-22(26)25-13-5-6-19(25)17-9-12-20(28-2)21(14-17)29-3/h7-12,14,19H,4-6,13,15H2,1-3H3,(H,24,27). The first kappa shape index (κ1) is 21.5. The SMILES string of the molecule is CCOc1ccc(C(=O)NCC(=O)N2CCCC2c2ccc(OC)c(OC)c2)cc1. The van der Waals surface area contributed by atoms with Crippen molar-refractivity contribution in [3.05, 3.63) is 53.6 Å². The molecule has 3 rings (SSSR count). The van der Waals surface area contributed by atoms with Crippen LogP contribution in [-0.4, -0.2) is 50.6 Å². The Morgan fingerprint density at radius 2 is 1.80 bits per heavy atom. The van der Waals surface area contributed by atoms with Crippen LogP contribution in [0.5, 0.6) is 17.2 Å². The minimum Gasteiger partial charge on any atom is -0.494 e. The van der Waals surface area contributed by atoms with Crippen molar-refractivity contribution in [1.82, 2.24) is 10.2 Å². The molecule has 1 N–H and O–H groups in total. The quantitative estimate of drug-likeness (QED) is 0.721. The Balaban J connectivity index is 1.62. The number of rotatable bonds is 8. The van der Waals surface area contributed by atoms with Crippen molar-refractivity contribution in [3.8, 4) is 17.2 Å². The van der Waals surface area contributed by atoms with E-state index < -0.39 is 0 Å². The molecule has 1 aliphatic heterocycles. The number of carbonyl (C=O) groups excluding carboxylic acids is 2. The smallest absolute Gasteiger partial charge is 0.251 e. The lowest BCUT2D eigenvalue weighted by Crippen LogP contribution is -2.39. The number of likely N-dealkylation sites (tertiary alicyclic amines) is 1. The second-order valence-corrected chi connectivity index (χ2v) is 7.00. The summed E-state index contributed by atoms with van der Waals surface area (Å²) in [5.74, 6) is 1.61. The van der Waals surface area contributed by atoms with Crippen LogP contribution >= 0.6 is 0 Å². The molecule has 7 nitrogen and oxygen atoms in total. The molecule has 1 saturated heterocycles. The summed E-state index contributed by atoms with van der Waals surface area (Å²) < 4.78 is 16.1. The number of hydrogen-bond donors (Lipinski definition) is 1. The zero-order chi connectivity index (χ0) is 21.5. The molecule has 2 aromatic carbocycles. The molecule has 0 bridgehead atoms. The van der Waals surface area contributed by atoms with Crippen molar-refractivity contribution in [2.24, 2.45) is 0 Å². The molecule has 7 heteroatoms. The highest BCUT2D eigenvalue weighted by Gasteiger charge is 2.30. The summed E-state index contributed by atoms with van der Waals surface area (Å²) >= 11 is 0. The first-order valence-corrected chi connectivity index (χ1v) is 10.1. The predicted molar refractivity (Wildman–Crippen MR) is 113 cm³/mol. The molecule has 1 heterocycles. The molecule has 1 unspecified atom stereocenters. The lowest BCUT2D eigenvalue weighted by Gasteiger charge is -2.26. The Morgan fingerprint density at radius 3 is 2.47 bits per heavy atom. The normalized spacial score (nSPS) is 15.6. The molecule has 30 heavy (non-hydrogen) atoms. The number of amides is 2. The van der Waals surface area contributed by atoms with Crippen LogP contribution in [0, 0.1) is 0 Å². The number of nitrogens with zero attached hydrogens (tertiary/aromatic N) is 1. The van der Waals surface area contributed by atoms with Gasteiger partial charge in [-0.1, -0.05) is 6.07 Å². The average Bonchev–Trinajstić information content (AvgIpc) is 3.27. The van der Waals surface area contributed by atoms with Crippen molar-refractivity contribution >= 4 is 11.8 Å². The van der Waals surface area contributed by atoms with E-state index in [1.807, 2.05) is 30.0 Å². The molecule has 1 fully saturated rings. The van der Waals surface area contributed by atoms with E-state index in [0.29, 0.717) is 36.0 Å². The fourth-order valence-electron chi connectivity index (χ4n) is 3.70. The van der Waals surface area contributed by atoms with Gasteiger partial charge in [-0.05, 0) is 61.7 Å². The van der Waals surface area contributed by atoms with Gasteiger partial charge in [0.15, 0.2) is 11.5 Å². The van der Waals surface area contributed by atoms with E-state index in [2.05, 4.69) is 5.32 Å². The number of benzene rings is 2. The van der Waals surface area contributed by atoms with Crippen molar-refractivity contribution in [3.63, 3.8) is 0 Å². The van der Waals surface area contributed by atoms with Crippen LogP contribution in [-0.2, 0) is 4.79 Å². The minimum atomic E-state index is -0.284. The lowest BCUT2D eigenvalue weighted by molar-refractivity contribution is -0.131. The second kappa shape index (κ2) is 10.0. The molecule has 0 spiro atoms. The molecule has 0 radical (unpaired) electrons.